The Bertz CT molecular complexity index is 227. The second kappa shape index (κ2) is 5.10. The van der Waals surface area contributed by atoms with Crippen LogP contribution < -0.4 is 4.72 Å². The van der Waals surface area contributed by atoms with Gasteiger partial charge in [0, 0.05) is 6.54 Å². The maximum atomic E-state index is 10.8. The number of hydrogen-bond acceptors (Lipinski definition) is 3. The Morgan fingerprint density at radius 3 is 2.64 bits per heavy atom. The molecule has 5 heteroatoms. The van der Waals surface area contributed by atoms with Crippen molar-refractivity contribution in [2.24, 2.45) is 0 Å². The van der Waals surface area contributed by atoms with E-state index in [1.54, 1.807) is 6.07 Å². The maximum absolute atomic E-state index is 10.8. The largest absolute Gasteiger partial charge is 0.225 e. The van der Waals surface area contributed by atoms with Crippen molar-refractivity contribution >= 4 is 10.0 Å². The van der Waals surface area contributed by atoms with Gasteiger partial charge in [0.15, 0.2) is 5.75 Å². The van der Waals surface area contributed by atoms with E-state index in [0.29, 0.717) is 6.54 Å². The van der Waals surface area contributed by atoms with Gasteiger partial charge in [-0.15, -0.1) is 0 Å². The normalized spacial score (nSPS) is 10.9. The van der Waals surface area contributed by atoms with Gasteiger partial charge in [-0.2, -0.15) is 5.26 Å². The summed E-state index contributed by atoms with van der Waals surface area (Å²) in [5.41, 5.74) is 0. The van der Waals surface area contributed by atoms with Gasteiger partial charge in [0.05, 0.1) is 6.07 Å². The van der Waals surface area contributed by atoms with Crippen molar-refractivity contribution in [3.8, 4) is 6.07 Å². The van der Waals surface area contributed by atoms with E-state index in [9.17, 15) is 8.42 Å². The van der Waals surface area contributed by atoms with Crippen molar-refractivity contribution in [1.82, 2.24) is 4.72 Å². The highest BCUT2D eigenvalue weighted by Crippen LogP contribution is 1.86. The molecule has 0 aliphatic heterocycles. The molecule has 0 rings (SSSR count). The summed E-state index contributed by atoms with van der Waals surface area (Å²) in [6.07, 6.45) is 1.75. The molecule has 1 N–H and O–H groups in total. The van der Waals surface area contributed by atoms with Crippen LogP contribution in [0.4, 0.5) is 0 Å². The van der Waals surface area contributed by atoms with E-state index in [-0.39, 0.29) is 0 Å². The van der Waals surface area contributed by atoms with E-state index in [1.165, 1.54) is 0 Å². The standard InChI is InChI=1S/C6H12N2O2S/c1-2-3-5-8-11(9,10)6-4-7/h8H,2-3,5-6H2,1H3. The molecule has 0 aromatic rings. The van der Waals surface area contributed by atoms with E-state index in [2.05, 4.69) is 4.72 Å². The zero-order valence-electron chi connectivity index (χ0n) is 6.50. The average Bonchev–Trinajstić information content (AvgIpc) is 1.87. The summed E-state index contributed by atoms with van der Waals surface area (Å²) in [6.45, 7) is 2.40. The SMILES string of the molecule is CCCCNS(=O)(=O)CC#N. The van der Waals surface area contributed by atoms with Gasteiger partial charge in [-0.1, -0.05) is 13.3 Å². The van der Waals surface area contributed by atoms with Crippen LogP contribution in [-0.4, -0.2) is 20.7 Å². The third-order valence-corrected chi connectivity index (χ3v) is 2.26. The third kappa shape index (κ3) is 5.83. The van der Waals surface area contributed by atoms with Crippen LogP contribution >= 0.6 is 0 Å². The summed E-state index contributed by atoms with van der Waals surface area (Å²) in [5.74, 6) is -0.448. The predicted octanol–water partition coefficient (Wildman–Crippen LogP) is 0.229. The molecule has 0 unspecified atom stereocenters. The fourth-order valence-electron chi connectivity index (χ4n) is 0.540. The van der Waals surface area contributed by atoms with E-state index in [0.717, 1.165) is 12.8 Å². The van der Waals surface area contributed by atoms with E-state index >= 15 is 0 Å². The molecule has 0 spiro atoms. The Kier molecular flexibility index (Phi) is 4.83. The Labute approximate surface area is 67.3 Å². The maximum Gasteiger partial charge on any atom is 0.225 e. The van der Waals surface area contributed by atoms with Crippen LogP contribution in [0.15, 0.2) is 0 Å². The van der Waals surface area contributed by atoms with Gasteiger partial charge in [-0.25, -0.2) is 13.1 Å². The predicted molar refractivity (Wildman–Crippen MR) is 42.3 cm³/mol. The van der Waals surface area contributed by atoms with Crippen molar-refractivity contribution in [3.05, 3.63) is 0 Å². The molecular formula is C6H12N2O2S. The molecule has 0 bridgehead atoms. The first-order valence-electron chi connectivity index (χ1n) is 3.46. The van der Waals surface area contributed by atoms with Crippen LogP contribution in [0, 0.1) is 11.3 Å². The van der Waals surface area contributed by atoms with Crippen LogP contribution in [0.1, 0.15) is 19.8 Å². The first-order valence-corrected chi connectivity index (χ1v) is 5.12. The first-order chi connectivity index (χ1) is 5.12. The molecule has 11 heavy (non-hydrogen) atoms. The summed E-state index contributed by atoms with van der Waals surface area (Å²) in [5, 5.41) is 8.09. The van der Waals surface area contributed by atoms with E-state index < -0.39 is 15.8 Å². The molecule has 0 aromatic heterocycles. The van der Waals surface area contributed by atoms with Crippen molar-refractivity contribution in [3.63, 3.8) is 0 Å². The van der Waals surface area contributed by atoms with Gasteiger partial charge >= 0.3 is 0 Å². The lowest BCUT2D eigenvalue weighted by molar-refractivity contribution is 0.582. The number of nitrogens with zero attached hydrogens (tertiary/aromatic N) is 1. The molecule has 0 saturated carbocycles. The van der Waals surface area contributed by atoms with Crippen molar-refractivity contribution in [2.75, 3.05) is 12.3 Å². The zero-order chi connectivity index (χ0) is 8.74. The Morgan fingerprint density at radius 2 is 2.18 bits per heavy atom. The smallest absolute Gasteiger partial charge is 0.214 e. The molecule has 64 valence electrons. The molecular weight excluding hydrogens is 164 g/mol. The molecule has 0 heterocycles. The quantitative estimate of drug-likeness (QED) is 0.609. The van der Waals surface area contributed by atoms with Crippen LogP contribution in [0.5, 0.6) is 0 Å². The minimum absolute atomic E-state index is 0.431. The summed E-state index contributed by atoms with van der Waals surface area (Å²) in [6, 6.07) is 1.58. The van der Waals surface area contributed by atoms with Gasteiger partial charge in [0.1, 0.15) is 0 Å². The number of rotatable bonds is 5. The van der Waals surface area contributed by atoms with Gasteiger partial charge in [-0.3, -0.25) is 0 Å². The van der Waals surface area contributed by atoms with E-state index in [1.807, 2.05) is 6.92 Å². The molecule has 0 atom stereocenters. The highest BCUT2D eigenvalue weighted by Gasteiger charge is 2.06. The van der Waals surface area contributed by atoms with Gasteiger partial charge < -0.3 is 0 Å². The topological polar surface area (TPSA) is 70.0 Å². The molecule has 0 radical (unpaired) electrons. The lowest BCUT2D eigenvalue weighted by atomic mass is 10.3. The molecule has 0 aliphatic rings. The Hall–Kier alpha value is -0.600. The van der Waals surface area contributed by atoms with Crippen molar-refractivity contribution in [1.29, 1.82) is 5.26 Å². The van der Waals surface area contributed by atoms with Gasteiger partial charge in [0.2, 0.25) is 10.0 Å². The molecule has 0 saturated heterocycles. The summed E-state index contributed by atoms with van der Waals surface area (Å²) in [7, 11) is -3.32. The Morgan fingerprint density at radius 1 is 1.55 bits per heavy atom. The monoisotopic (exact) mass is 176 g/mol. The zero-order valence-corrected chi connectivity index (χ0v) is 7.32. The van der Waals surface area contributed by atoms with Crippen LogP contribution in [0.3, 0.4) is 0 Å². The third-order valence-electron chi connectivity index (χ3n) is 1.11. The number of sulfonamides is 1. The van der Waals surface area contributed by atoms with Crippen molar-refractivity contribution < 1.29 is 8.42 Å². The number of hydrogen-bond donors (Lipinski definition) is 1. The molecule has 0 fully saturated rings. The number of unbranched alkanes of at least 4 members (excludes halogenated alkanes) is 1. The van der Waals surface area contributed by atoms with Gasteiger partial charge in [0.25, 0.3) is 0 Å². The summed E-state index contributed by atoms with van der Waals surface area (Å²) >= 11 is 0. The fraction of sp³-hybridized carbons (Fsp3) is 0.833. The number of nitriles is 1. The highest BCUT2D eigenvalue weighted by molar-refractivity contribution is 7.89. The lowest BCUT2D eigenvalue weighted by Gasteiger charge is -2.00. The summed E-state index contributed by atoms with van der Waals surface area (Å²) in [4.78, 5) is 0. The average molecular weight is 176 g/mol. The second-order valence-electron chi connectivity index (χ2n) is 2.17. The second-order valence-corrected chi connectivity index (χ2v) is 3.97. The van der Waals surface area contributed by atoms with Crippen molar-refractivity contribution in [2.45, 2.75) is 19.8 Å². The van der Waals surface area contributed by atoms with Gasteiger partial charge in [-0.05, 0) is 6.42 Å². The van der Waals surface area contributed by atoms with Crippen LogP contribution in [0.2, 0.25) is 0 Å². The first kappa shape index (κ1) is 10.4. The summed E-state index contributed by atoms with van der Waals surface area (Å²) < 4.78 is 23.9. The lowest BCUT2D eigenvalue weighted by Crippen LogP contribution is -2.26. The van der Waals surface area contributed by atoms with Crippen LogP contribution in [-0.2, 0) is 10.0 Å². The number of nitrogens with one attached hydrogen (secondary N) is 1. The highest BCUT2D eigenvalue weighted by atomic mass is 32.2. The van der Waals surface area contributed by atoms with Crippen LogP contribution in [0.25, 0.3) is 0 Å². The Balaban J connectivity index is 3.68. The molecule has 4 nitrogen and oxygen atoms in total. The fourth-order valence-corrected chi connectivity index (χ4v) is 1.27. The minimum atomic E-state index is -3.32. The molecule has 0 aliphatic carbocycles. The molecule has 0 amide bonds. The van der Waals surface area contributed by atoms with E-state index in [4.69, 9.17) is 5.26 Å². The molecule has 0 aromatic carbocycles. The minimum Gasteiger partial charge on any atom is -0.214 e.